The smallest absolute Gasteiger partial charge is 0.322 e. The molecule has 19 heavy (non-hydrogen) atoms. The van der Waals surface area contributed by atoms with E-state index in [2.05, 4.69) is 32.3 Å². The predicted molar refractivity (Wildman–Crippen MR) is 71.8 cm³/mol. The van der Waals surface area contributed by atoms with E-state index in [4.69, 9.17) is 4.74 Å². The van der Waals surface area contributed by atoms with Crippen LogP contribution in [0, 0.1) is 13.8 Å². The van der Waals surface area contributed by atoms with E-state index >= 15 is 0 Å². The maximum Gasteiger partial charge on any atom is 0.322 e. The van der Waals surface area contributed by atoms with Gasteiger partial charge in [-0.2, -0.15) is 20.1 Å². The number of anilines is 1. The molecule has 0 spiro atoms. The second-order valence-corrected chi connectivity index (χ2v) is 4.21. The summed E-state index contributed by atoms with van der Waals surface area (Å²) in [5.74, 6) is 0.951. The van der Waals surface area contributed by atoms with Crippen LogP contribution in [-0.2, 0) is 0 Å². The lowest BCUT2D eigenvalue weighted by molar-refractivity contribution is 0.377. The number of hydrogen-bond acceptors (Lipinski definition) is 6. The average Bonchev–Trinajstić information content (AvgIpc) is 2.75. The molecule has 0 saturated heterocycles. The second-order valence-electron chi connectivity index (χ2n) is 4.21. The molecule has 7 heteroatoms. The molecule has 2 aromatic heterocycles. The fourth-order valence-electron chi connectivity index (χ4n) is 1.68. The molecule has 7 nitrogen and oxygen atoms in total. The van der Waals surface area contributed by atoms with Gasteiger partial charge in [-0.25, -0.2) is 4.68 Å². The van der Waals surface area contributed by atoms with E-state index in [1.807, 2.05) is 19.9 Å². The van der Waals surface area contributed by atoms with Crippen molar-refractivity contribution >= 4 is 5.95 Å². The maximum atomic E-state index is 5.10. The number of nitrogens with one attached hydrogen (secondary N) is 1. The van der Waals surface area contributed by atoms with Crippen LogP contribution in [0.2, 0.25) is 0 Å². The van der Waals surface area contributed by atoms with E-state index in [0.29, 0.717) is 11.9 Å². The van der Waals surface area contributed by atoms with Crippen LogP contribution in [0.5, 0.6) is 6.01 Å². The highest BCUT2D eigenvalue weighted by Crippen LogP contribution is 2.13. The minimum absolute atomic E-state index is 0.274. The SMILES string of the molecule is CCCNc1nc(OC)nc(-n2nc(C)cc2C)n1. The minimum Gasteiger partial charge on any atom is -0.467 e. The molecule has 0 aliphatic heterocycles. The van der Waals surface area contributed by atoms with Crippen molar-refractivity contribution in [2.75, 3.05) is 19.0 Å². The van der Waals surface area contributed by atoms with Crippen molar-refractivity contribution in [1.29, 1.82) is 0 Å². The predicted octanol–water partition coefficient (Wildman–Crippen LogP) is 1.50. The Kier molecular flexibility index (Phi) is 3.94. The lowest BCUT2D eigenvalue weighted by atomic mass is 10.4. The summed E-state index contributed by atoms with van der Waals surface area (Å²) in [6, 6.07) is 2.24. The Morgan fingerprint density at radius 2 is 2.05 bits per heavy atom. The summed E-state index contributed by atoms with van der Waals surface area (Å²) in [5, 5.41) is 7.48. The standard InChI is InChI=1S/C12H18N6O/c1-5-6-13-10-14-11(16-12(15-10)19-4)18-9(3)7-8(2)17-18/h7H,5-6H2,1-4H3,(H,13,14,15,16). The second kappa shape index (κ2) is 5.64. The van der Waals surface area contributed by atoms with Crippen LogP contribution in [-0.4, -0.2) is 38.4 Å². The molecule has 0 unspecified atom stereocenters. The first-order chi connectivity index (χ1) is 9.13. The normalized spacial score (nSPS) is 10.5. The molecular formula is C12H18N6O. The molecule has 0 amide bonds. The van der Waals surface area contributed by atoms with Gasteiger partial charge in [-0.15, -0.1) is 0 Å². The van der Waals surface area contributed by atoms with Gasteiger partial charge in [0, 0.05) is 12.2 Å². The van der Waals surface area contributed by atoms with Crippen LogP contribution in [0.25, 0.3) is 5.95 Å². The van der Waals surface area contributed by atoms with Gasteiger partial charge in [-0.1, -0.05) is 6.92 Å². The van der Waals surface area contributed by atoms with Crippen molar-refractivity contribution in [3.8, 4) is 12.0 Å². The molecular weight excluding hydrogens is 244 g/mol. The van der Waals surface area contributed by atoms with Crippen molar-refractivity contribution in [2.45, 2.75) is 27.2 Å². The largest absolute Gasteiger partial charge is 0.467 e. The molecule has 2 rings (SSSR count). The molecule has 0 atom stereocenters. The third-order valence-electron chi connectivity index (χ3n) is 2.52. The Morgan fingerprint density at radius 1 is 1.26 bits per heavy atom. The summed E-state index contributed by atoms with van der Waals surface area (Å²) < 4.78 is 6.78. The molecule has 0 aliphatic rings. The van der Waals surface area contributed by atoms with Crippen LogP contribution in [0.15, 0.2) is 6.07 Å². The van der Waals surface area contributed by atoms with E-state index in [1.54, 1.807) is 4.68 Å². The van der Waals surface area contributed by atoms with Gasteiger partial charge >= 0.3 is 6.01 Å². The summed E-state index contributed by atoms with van der Waals surface area (Å²) in [6.07, 6.45) is 0.989. The van der Waals surface area contributed by atoms with Crippen molar-refractivity contribution in [3.63, 3.8) is 0 Å². The highest BCUT2D eigenvalue weighted by atomic mass is 16.5. The van der Waals surface area contributed by atoms with Crippen LogP contribution in [0.1, 0.15) is 24.7 Å². The molecule has 1 N–H and O–H groups in total. The third-order valence-corrected chi connectivity index (χ3v) is 2.52. The quantitative estimate of drug-likeness (QED) is 0.880. The average molecular weight is 262 g/mol. The Balaban J connectivity index is 2.41. The maximum absolute atomic E-state index is 5.10. The zero-order valence-corrected chi connectivity index (χ0v) is 11.6. The molecule has 0 aromatic carbocycles. The Bertz CT molecular complexity index is 565. The molecule has 2 aromatic rings. The van der Waals surface area contributed by atoms with E-state index in [1.165, 1.54) is 7.11 Å². The van der Waals surface area contributed by atoms with Crippen molar-refractivity contribution < 1.29 is 4.74 Å². The van der Waals surface area contributed by atoms with E-state index in [-0.39, 0.29) is 6.01 Å². The highest BCUT2D eigenvalue weighted by molar-refractivity contribution is 5.31. The number of methoxy groups -OCH3 is 1. The first-order valence-electron chi connectivity index (χ1n) is 6.21. The number of aromatic nitrogens is 5. The van der Waals surface area contributed by atoms with Gasteiger partial charge in [-0.05, 0) is 26.3 Å². The number of hydrogen-bond donors (Lipinski definition) is 1. The summed E-state index contributed by atoms with van der Waals surface area (Å²) in [5.41, 5.74) is 1.88. The van der Waals surface area contributed by atoms with Gasteiger partial charge in [0.1, 0.15) is 0 Å². The third kappa shape index (κ3) is 2.98. The van der Waals surface area contributed by atoms with Crippen LogP contribution in [0.4, 0.5) is 5.95 Å². The summed E-state index contributed by atoms with van der Waals surface area (Å²) in [4.78, 5) is 12.7. The van der Waals surface area contributed by atoms with Gasteiger partial charge in [0.05, 0.1) is 12.8 Å². The zero-order chi connectivity index (χ0) is 13.8. The number of aryl methyl sites for hydroxylation is 2. The lowest BCUT2D eigenvalue weighted by Crippen LogP contribution is -2.12. The highest BCUT2D eigenvalue weighted by Gasteiger charge is 2.11. The topological polar surface area (TPSA) is 77.8 Å². The lowest BCUT2D eigenvalue weighted by Gasteiger charge is -2.08. The summed E-state index contributed by atoms with van der Waals surface area (Å²) in [7, 11) is 1.53. The first kappa shape index (κ1) is 13.3. The molecule has 0 aliphatic carbocycles. The van der Waals surface area contributed by atoms with Crippen LogP contribution < -0.4 is 10.1 Å². The molecule has 0 bridgehead atoms. The van der Waals surface area contributed by atoms with Crippen molar-refractivity contribution in [3.05, 3.63) is 17.5 Å². The fraction of sp³-hybridized carbons (Fsp3) is 0.500. The molecule has 2 heterocycles. The van der Waals surface area contributed by atoms with E-state index in [0.717, 1.165) is 24.4 Å². The Morgan fingerprint density at radius 3 is 2.63 bits per heavy atom. The first-order valence-corrected chi connectivity index (χ1v) is 6.21. The summed E-state index contributed by atoms with van der Waals surface area (Å²) >= 11 is 0. The van der Waals surface area contributed by atoms with E-state index < -0.39 is 0 Å². The van der Waals surface area contributed by atoms with Gasteiger partial charge in [-0.3, -0.25) is 0 Å². The fourth-order valence-corrected chi connectivity index (χ4v) is 1.68. The molecule has 0 saturated carbocycles. The Hall–Kier alpha value is -2.18. The van der Waals surface area contributed by atoms with E-state index in [9.17, 15) is 0 Å². The molecule has 0 radical (unpaired) electrons. The van der Waals surface area contributed by atoms with Gasteiger partial charge in [0.25, 0.3) is 5.95 Å². The van der Waals surface area contributed by atoms with Crippen LogP contribution >= 0.6 is 0 Å². The minimum atomic E-state index is 0.274. The van der Waals surface area contributed by atoms with Gasteiger partial charge in [0.2, 0.25) is 5.95 Å². The molecule has 102 valence electrons. The summed E-state index contributed by atoms with van der Waals surface area (Å²) in [6.45, 7) is 6.75. The Labute approximate surface area is 112 Å². The monoisotopic (exact) mass is 262 g/mol. The number of ether oxygens (including phenoxy) is 1. The van der Waals surface area contributed by atoms with Gasteiger partial charge in [0.15, 0.2) is 0 Å². The number of nitrogens with zero attached hydrogens (tertiary/aromatic N) is 5. The number of rotatable bonds is 5. The molecule has 0 fully saturated rings. The van der Waals surface area contributed by atoms with Crippen molar-refractivity contribution in [1.82, 2.24) is 24.7 Å². The van der Waals surface area contributed by atoms with Crippen LogP contribution in [0.3, 0.4) is 0 Å². The van der Waals surface area contributed by atoms with Gasteiger partial charge < -0.3 is 10.1 Å². The zero-order valence-electron chi connectivity index (χ0n) is 11.6. The van der Waals surface area contributed by atoms with Crippen molar-refractivity contribution in [2.24, 2.45) is 0 Å².